The number of nitrogens with one attached hydrogen (secondary N) is 1. The molecular weight excluding hydrogens is 334 g/mol. The summed E-state index contributed by atoms with van der Waals surface area (Å²) >= 11 is 1.57. The third-order valence-electron chi connectivity index (χ3n) is 4.72. The van der Waals surface area contributed by atoms with Crippen molar-refractivity contribution < 1.29 is 14.7 Å². The number of hydrogen-bond donors (Lipinski definition) is 2. The van der Waals surface area contributed by atoms with E-state index in [1.807, 2.05) is 50.2 Å². The number of amides is 1. The first-order valence-electron chi connectivity index (χ1n) is 8.27. The van der Waals surface area contributed by atoms with E-state index in [4.69, 9.17) is 0 Å². The number of aliphatic carboxylic acids is 1. The van der Waals surface area contributed by atoms with Crippen LogP contribution in [0.3, 0.4) is 0 Å². The van der Waals surface area contributed by atoms with E-state index in [1.54, 1.807) is 17.8 Å². The van der Waals surface area contributed by atoms with E-state index < -0.39 is 12.0 Å². The number of carbonyl (C=O) groups excluding carboxylic acids is 1. The highest BCUT2D eigenvalue weighted by Gasteiger charge is 2.31. The standard InChI is InChI=1S/C20H21NO3S/c1-12-6-5-9-15(13(12)2)17(20(23)24)21-19(22)18-16-8-4-3-7-14(16)10-11-25-18/h3-9,17-18H,10-11H2,1-2H3,(H,21,22)(H,23,24). The minimum Gasteiger partial charge on any atom is -0.479 e. The molecule has 2 aromatic rings. The maximum atomic E-state index is 12.8. The summed E-state index contributed by atoms with van der Waals surface area (Å²) in [5.74, 6) is -0.433. The lowest BCUT2D eigenvalue weighted by molar-refractivity contribution is -0.142. The van der Waals surface area contributed by atoms with Crippen molar-refractivity contribution in [3.63, 3.8) is 0 Å². The molecule has 5 heteroatoms. The van der Waals surface area contributed by atoms with Crippen molar-refractivity contribution in [3.05, 3.63) is 70.3 Å². The van der Waals surface area contributed by atoms with Crippen LogP contribution in [0.25, 0.3) is 0 Å². The maximum absolute atomic E-state index is 12.8. The van der Waals surface area contributed by atoms with Gasteiger partial charge in [-0.25, -0.2) is 4.79 Å². The van der Waals surface area contributed by atoms with Gasteiger partial charge in [0.2, 0.25) is 5.91 Å². The minimum atomic E-state index is -1.05. The smallest absolute Gasteiger partial charge is 0.330 e. The van der Waals surface area contributed by atoms with Crippen LogP contribution < -0.4 is 5.32 Å². The number of fused-ring (bicyclic) bond motifs is 1. The van der Waals surface area contributed by atoms with E-state index >= 15 is 0 Å². The average Bonchev–Trinajstić information content (AvgIpc) is 2.61. The summed E-state index contributed by atoms with van der Waals surface area (Å²) in [7, 11) is 0. The Balaban J connectivity index is 1.88. The van der Waals surface area contributed by atoms with Gasteiger partial charge in [-0.15, -0.1) is 11.8 Å². The second-order valence-electron chi connectivity index (χ2n) is 6.27. The van der Waals surface area contributed by atoms with Gasteiger partial charge in [0.25, 0.3) is 0 Å². The van der Waals surface area contributed by atoms with E-state index in [-0.39, 0.29) is 11.2 Å². The largest absolute Gasteiger partial charge is 0.479 e. The number of hydrogen-bond acceptors (Lipinski definition) is 3. The number of aryl methyl sites for hydroxylation is 2. The summed E-state index contributed by atoms with van der Waals surface area (Å²) in [5.41, 5.74) is 4.69. The van der Waals surface area contributed by atoms with Gasteiger partial charge in [-0.1, -0.05) is 42.5 Å². The van der Waals surface area contributed by atoms with E-state index in [0.29, 0.717) is 5.56 Å². The number of carboxylic acids is 1. The molecule has 1 amide bonds. The van der Waals surface area contributed by atoms with Crippen molar-refractivity contribution in [1.82, 2.24) is 5.32 Å². The zero-order valence-corrected chi connectivity index (χ0v) is 15.1. The predicted molar refractivity (Wildman–Crippen MR) is 99.8 cm³/mol. The molecule has 0 radical (unpaired) electrons. The first-order valence-corrected chi connectivity index (χ1v) is 9.32. The molecule has 130 valence electrons. The first-order chi connectivity index (χ1) is 12.0. The molecule has 0 saturated carbocycles. The second kappa shape index (κ2) is 7.31. The molecule has 2 unspecified atom stereocenters. The summed E-state index contributed by atoms with van der Waals surface area (Å²) in [6, 6.07) is 12.4. The number of carbonyl (C=O) groups is 2. The van der Waals surface area contributed by atoms with E-state index in [1.165, 1.54) is 5.56 Å². The lowest BCUT2D eigenvalue weighted by atomic mass is 9.96. The van der Waals surface area contributed by atoms with Crippen LogP contribution in [0.1, 0.15) is 39.1 Å². The Bertz CT molecular complexity index is 818. The molecule has 0 saturated heterocycles. The molecule has 1 aliphatic heterocycles. The number of carboxylic acid groups (broad SMARTS) is 1. The Labute approximate surface area is 151 Å². The van der Waals surface area contributed by atoms with Crippen molar-refractivity contribution in [2.24, 2.45) is 0 Å². The molecule has 0 fully saturated rings. The lowest BCUT2D eigenvalue weighted by Gasteiger charge is -2.26. The van der Waals surface area contributed by atoms with E-state index in [0.717, 1.165) is 28.9 Å². The second-order valence-corrected chi connectivity index (χ2v) is 7.48. The highest BCUT2D eigenvalue weighted by Crippen LogP contribution is 2.37. The van der Waals surface area contributed by atoms with Crippen LogP contribution in [0.15, 0.2) is 42.5 Å². The van der Waals surface area contributed by atoms with Crippen LogP contribution in [0.2, 0.25) is 0 Å². The Kier molecular flexibility index (Phi) is 5.13. The maximum Gasteiger partial charge on any atom is 0.330 e. The molecule has 4 nitrogen and oxygen atoms in total. The van der Waals surface area contributed by atoms with Crippen molar-refractivity contribution in [2.45, 2.75) is 31.6 Å². The predicted octanol–water partition coefficient (Wildman–Crippen LogP) is 3.58. The van der Waals surface area contributed by atoms with Crippen LogP contribution in [-0.4, -0.2) is 22.7 Å². The highest BCUT2D eigenvalue weighted by atomic mass is 32.2. The van der Waals surface area contributed by atoms with Gasteiger partial charge in [0, 0.05) is 0 Å². The SMILES string of the molecule is Cc1cccc(C(NC(=O)C2SCCc3ccccc32)C(=O)O)c1C. The molecule has 0 bridgehead atoms. The molecule has 25 heavy (non-hydrogen) atoms. The van der Waals surface area contributed by atoms with E-state index in [9.17, 15) is 14.7 Å². The Morgan fingerprint density at radius 2 is 1.92 bits per heavy atom. The van der Waals surface area contributed by atoms with Crippen molar-refractivity contribution >= 4 is 23.6 Å². The zero-order valence-electron chi connectivity index (χ0n) is 14.3. The molecule has 0 spiro atoms. The highest BCUT2D eigenvalue weighted by molar-refractivity contribution is 8.00. The molecule has 0 aromatic heterocycles. The van der Waals surface area contributed by atoms with Crippen LogP contribution in [0, 0.1) is 13.8 Å². The zero-order chi connectivity index (χ0) is 18.0. The summed E-state index contributed by atoms with van der Waals surface area (Å²) in [4.78, 5) is 24.7. The van der Waals surface area contributed by atoms with Crippen LogP contribution in [0.4, 0.5) is 0 Å². The van der Waals surface area contributed by atoms with E-state index in [2.05, 4.69) is 5.32 Å². The third kappa shape index (κ3) is 3.56. The monoisotopic (exact) mass is 355 g/mol. The fraction of sp³-hybridized carbons (Fsp3) is 0.300. The van der Waals surface area contributed by atoms with Gasteiger partial charge in [0.15, 0.2) is 6.04 Å². The van der Waals surface area contributed by atoms with Crippen molar-refractivity contribution in [2.75, 3.05) is 5.75 Å². The van der Waals surface area contributed by atoms with Gasteiger partial charge in [-0.05, 0) is 53.8 Å². The Morgan fingerprint density at radius 1 is 1.16 bits per heavy atom. The molecule has 2 atom stereocenters. The molecule has 2 aromatic carbocycles. The molecule has 1 aliphatic rings. The van der Waals surface area contributed by atoms with Gasteiger partial charge in [0.1, 0.15) is 5.25 Å². The Morgan fingerprint density at radius 3 is 2.68 bits per heavy atom. The van der Waals surface area contributed by atoms with Crippen LogP contribution in [0.5, 0.6) is 0 Å². The summed E-state index contributed by atoms with van der Waals surface area (Å²) in [5, 5.41) is 12.1. The van der Waals surface area contributed by atoms with Gasteiger partial charge in [0.05, 0.1) is 0 Å². The summed E-state index contributed by atoms with van der Waals surface area (Å²) < 4.78 is 0. The number of rotatable bonds is 4. The minimum absolute atomic E-state index is 0.245. The van der Waals surface area contributed by atoms with Gasteiger partial charge >= 0.3 is 5.97 Å². The average molecular weight is 355 g/mol. The van der Waals surface area contributed by atoms with Crippen LogP contribution in [-0.2, 0) is 16.0 Å². The van der Waals surface area contributed by atoms with Gasteiger partial charge < -0.3 is 10.4 Å². The lowest BCUT2D eigenvalue weighted by Crippen LogP contribution is -2.37. The molecule has 2 N–H and O–H groups in total. The topological polar surface area (TPSA) is 66.4 Å². The van der Waals surface area contributed by atoms with Crippen LogP contribution >= 0.6 is 11.8 Å². The third-order valence-corrected chi connectivity index (χ3v) is 5.96. The van der Waals surface area contributed by atoms with Crippen molar-refractivity contribution in [1.29, 1.82) is 0 Å². The van der Waals surface area contributed by atoms with Gasteiger partial charge in [-0.2, -0.15) is 0 Å². The van der Waals surface area contributed by atoms with Gasteiger partial charge in [-0.3, -0.25) is 4.79 Å². The quantitative estimate of drug-likeness (QED) is 0.880. The van der Waals surface area contributed by atoms with Crippen molar-refractivity contribution in [3.8, 4) is 0 Å². The number of benzene rings is 2. The molecule has 1 heterocycles. The Hall–Kier alpha value is -2.27. The fourth-order valence-electron chi connectivity index (χ4n) is 3.19. The molecule has 0 aliphatic carbocycles. The molecule has 3 rings (SSSR count). The molecular formula is C20H21NO3S. The summed E-state index contributed by atoms with van der Waals surface area (Å²) in [6.07, 6.45) is 0.934. The first kappa shape index (κ1) is 17.5. The fourth-order valence-corrected chi connectivity index (χ4v) is 4.39. The summed E-state index contributed by atoms with van der Waals surface area (Å²) in [6.45, 7) is 3.82. The number of thioether (sulfide) groups is 1. The normalized spacial score (nSPS) is 17.4.